The van der Waals surface area contributed by atoms with Gasteiger partial charge in [0.25, 0.3) is 0 Å². The molecule has 0 radical (unpaired) electrons. The number of nitrogens with one attached hydrogen (secondary N) is 1. The molecule has 24 heavy (non-hydrogen) atoms. The minimum Gasteiger partial charge on any atom is -0.325 e. The zero-order valence-corrected chi connectivity index (χ0v) is 12.8. The molecule has 0 bridgehead atoms. The van der Waals surface area contributed by atoms with Gasteiger partial charge < -0.3 is 5.32 Å². The van der Waals surface area contributed by atoms with Crippen LogP contribution in [0.1, 0.15) is 11.1 Å². The second-order valence-electron chi connectivity index (χ2n) is 5.27. The van der Waals surface area contributed by atoms with Crippen LogP contribution in [-0.4, -0.2) is 24.4 Å². The lowest BCUT2D eigenvalue weighted by molar-refractivity contribution is -0.117. The summed E-state index contributed by atoms with van der Waals surface area (Å²) in [5.41, 5.74) is 0.213. The Morgan fingerprint density at radius 1 is 1.21 bits per heavy atom. The van der Waals surface area contributed by atoms with Crippen molar-refractivity contribution in [2.45, 2.75) is 6.54 Å². The second kappa shape index (κ2) is 7.62. The Bertz CT molecular complexity index is 782. The van der Waals surface area contributed by atoms with Gasteiger partial charge in [0.2, 0.25) is 5.91 Å². The van der Waals surface area contributed by atoms with Crippen molar-refractivity contribution in [1.29, 1.82) is 5.26 Å². The molecule has 2 rings (SSSR count). The highest BCUT2D eigenvalue weighted by molar-refractivity contribution is 5.92. The van der Waals surface area contributed by atoms with Gasteiger partial charge in [0.15, 0.2) is 0 Å². The van der Waals surface area contributed by atoms with E-state index < -0.39 is 23.4 Å². The van der Waals surface area contributed by atoms with E-state index in [4.69, 9.17) is 5.26 Å². The molecule has 2 aromatic carbocycles. The van der Waals surface area contributed by atoms with E-state index in [0.29, 0.717) is 6.07 Å². The SMILES string of the molecule is CN(CC(=O)Nc1cc(F)cc(F)c1)Cc1cccc(C#N)c1F. The molecular formula is C17H14F3N3O. The van der Waals surface area contributed by atoms with E-state index in [1.54, 1.807) is 19.2 Å². The third kappa shape index (κ3) is 4.57. The highest BCUT2D eigenvalue weighted by atomic mass is 19.1. The first-order chi connectivity index (χ1) is 11.4. The summed E-state index contributed by atoms with van der Waals surface area (Å²) >= 11 is 0. The maximum atomic E-state index is 14.0. The number of carbonyl (C=O) groups excluding carboxylic acids is 1. The summed E-state index contributed by atoms with van der Waals surface area (Å²) < 4.78 is 40.1. The summed E-state index contributed by atoms with van der Waals surface area (Å²) in [7, 11) is 1.59. The Hall–Kier alpha value is -2.85. The van der Waals surface area contributed by atoms with E-state index in [2.05, 4.69) is 5.32 Å². The largest absolute Gasteiger partial charge is 0.325 e. The van der Waals surface area contributed by atoms with Crippen molar-refractivity contribution in [2.24, 2.45) is 0 Å². The summed E-state index contributed by atoms with van der Waals surface area (Å²) in [5, 5.41) is 11.2. The van der Waals surface area contributed by atoms with Gasteiger partial charge in [-0.25, -0.2) is 13.2 Å². The predicted molar refractivity (Wildman–Crippen MR) is 82.4 cm³/mol. The molecule has 7 heteroatoms. The first-order valence-corrected chi connectivity index (χ1v) is 7.01. The molecule has 0 aliphatic carbocycles. The van der Waals surface area contributed by atoms with Gasteiger partial charge in [-0.05, 0) is 25.2 Å². The molecule has 1 amide bonds. The number of anilines is 1. The number of benzene rings is 2. The molecule has 0 fully saturated rings. The Labute approximate surface area is 137 Å². The normalized spacial score (nSPS) is 10.5. The first kappa shape index (κ1) is 17.5. The topological polar surface area (TPSA) is 56.1 Å². The second-order valence-corrected chi connectivity index (χ2v) is 5.27. The Morgan fingerprint density at radius 3 is 2.50 bits per heavy atom. The minimum absolute atomic E-state index is 0.00329. The predicted octanol–water partition coefficient (Wildman–Crippen LogP) is 3.05. The van der Waals surface area contributed by atoms with Crippen LogP contribution in [0.3, 0.4) is 0 Å². The van der Waals surface area contributed by atoms with Crippen molar-refractivity contribution in [1.82, 2.24) is 4.90 Å². The van der Waals surface area contributed by atoms with Gasteiger partial charge in [0.1, 0.15) is 23.5 Å². The first-order valence-electron chi connectivity index (χ1n) is 7.01. The molecule has 0 aliphatic rings. The van der Waals surface area contributed by atoms with Gasteiger partial charge in [-0.2, -0.15) is 5.26 Å². The number of amides is 1. The number of nitriles is 1. The summed E-state index contributed by atoms with van der Waals surface area (Å²) in [6.45, 7) is -0.0133. The molecule has 4 nitrogen and oxygen atoms in total. The van der Waals surface area contributed by atoms with Crippen molar-refractivity contribution in [3.63, 3.8) is 0 Å². The van der Waals surface area contributed by atoms with Crippen molar-refractivity contribution < 1.29 is 18.0 Å². The number of halogens is 3. The van der Waals surface area contributed by atoms with Gasteiger partial charge in [0, 0.05) is 23.9 Å². The fraction of sp³-hybridized carbons (Fsp3) is 0.176. The minimum atomic E-state index is -0.797. The number of carbonyl (C=O) groups is 1. The summed E-state index contributed by atoms with van der Waals surface area (Å²) in [5.74, 6) is -2.72. The van der Waals surface area contributed by atoms with Crippen LogP contribution in [0.15, 0.2) is 36.4 Å². The summed E-state index contributed by atoms with van der Waals surface area (Å²) in [6, 6.07) is 8.89. The van der Waals surface area contributed by atoms with Crippen LogP contribution in [-0.2, 0) is 11.3 Å². The van der Waals surface area contributed by atoms with Crippen LogP contribution < -0.4 is 5.32 Å². The fourth-order valence-corrected chi connectivity index (χ4v) is 2.21. The number of rotatable bonds is 5. The quantitative estimate of drug-likeness (QED) is 0.915. The van der Waals surface area contributed by atoms with E-state index in [-0.39, 0.29) is 29.9 Å². The number of likely N-dealkylation sites (N-methyl/N-ethyl adjacent to an activating group) is 1. The lowest BCUT2D eigenvalue weighted by Gasteiger charge is -2.17. The maximum Gasteiger partial charge on any atom is 0.238 e. The standard InChI is InChI=1S/C17H14F3N3O/c1-23(9-12-4-2-3-11(8-21)17(12)20)10-16(24)22-15-6-13(18)5-14(19)7-15/h2-7H,9-10H2,1H3,(H,22,24). The van der Waals surface area contributed by atoms with Crippen molar-refractivity contribution in [2.75, 3.05) is 18.9 Å². The molecule has 0 unspecified atom stereocenters. The van der Waals surface area contributed by atoms with Crippen LogP contribution in [0.4, 0.5) is 18.9 Å². The molecule has 0 atom stereocenters. The smallest absolute Gasteiger partial charge is 0.238 e. The van der Waals surface area contributed by atoms with Gasteiger partial charge >= 0.3 is 0 Å². The third-order valence-electron chi connectivity index (χ3n) is 3.20. The zero-order chi connectivity index (χ0) is 17.7. The van der Waals surface area contributed by atoms with E-state index in [1.165, 1.54) is 17.0 Å². The van der Waals surface area contributed by atoms with Crippen LogP contribution in [0, 0.1) is 28.8 Å². The summed E-state index contributed by atoms with van der Waals surface area (Å²) in [4.78, 5) is 13.4. The fourth-order valence-electron chi connectivity index (χ4n) is 2.21. The zero-order valence-electron chi connectivity index (χ0n) is 12.8. The molecular weight excluding hydrogens is 319 g/mol. The maximum absolute atomic E-state index is 14.0. The van der Waals surface area contributed by atoms with Crippen LogP contribution in [0.5, 0.6) is 0 Å². The monoisotopic (exact) mass is 333 g/mol. The highest BCUT2D eigenvalue weighted by Crippen LogP contribution is 2.15. The van der Waals surface area contributed by atoms with Crippen molar-refractivity contribution in [3.8, 4) is 6.07 Å². The van der Waals surface area contributed by atoms with Gasteiger partial charge in [0.05, 0.1) is 12.1 Å². The van der Waals surface area contributed by atoms with Crippen LogP contribution >= 0.6 is 0 Å². The van der Waals surface area contributed by atoms with Crippen molar-refractivity contribution in [3.05, 3.63) is 65.0 Å². The van der Waals surface area contributed by atoms with Gasteiger partial charge in [-0.3, -0.25) is 9.69 Å². The Kier molecular flexibility index (Phi) is 5.55. The van der Waals surface area contributed by atoms with E-state index in [9.17, 15) is 18.0 Å². The Balaban J connectivity index is 1.98. The van der Waals surface area contributed by atoms with Crippen LogP contribution in [0.2, 0.25) is 0 Å². The molecule has 0 aromatic heterocycles. The molecule has 0 saturated heterocycles. The van der Waals surface area contributed by atoms with Gasteiger partial charge in [-0.15, -0.1) is 0 Å². The van der Waals surface area contributed by atoms with E-state index >= 15 is 0 Å². The number of hydrogen-bond acceptors (Lipinski definition) is 3. The average Bonchev–Trinajstić information content (AvgIpc) is 2.48. The molecule has 0 spiro atoms. The van der Waals surface area contributed by atoms with Crippen LogP contribution in [0.25, 0.3) is 0 Å². The third-order valence-corrected chi connectivity index (χ3v) is 3.20. The molecule has 1 N–H and O–H groups in total. The Morgan fingerprint density at radius 2 is 1.88 bits per heavy atom. The lowest BCUT2D eigenvalue weighted by atomic mass is 10.1. The molecule has 0 saturated carbocycles. The number of hydrogen-bond donors (Lipinski definition) is 1. The van der Waals surface area contributed by atoms with E-state index in [0.717, 1.165) is 12.1 Å². The molecule has 2 aromatic rings. The van der Waals surface area contributed by atoms with Gasteiger partial charge in [-0.1, -0.05) is 12.1 Å². The average molecular weight is 333 g/mol. The molecule has 0 heterocycles. The van der Waals surface area contributed by atoms with E-state index in [1.807, 2.05) is 0 Å². The lowest BCUT2D eigenvalue weighted by Crippen LogP contribution is -2.30. The highest BCUT2D eigenvalue weighted by Gasteiger charge is 2.13. The summed E-state index contributed by atoms with van der Waals surface area (Å²) in [6.07, 6.45) is 0. The molecule has 124 valence electrons. The molecule has 0 aliphatic heterocycles. The van der Waals surface area contributed by atoms with Crippen molar-refractivity contribution >= 4 is 11.6 Å². The number of nitrogens with zero attached hydrogens (tertiary/aromatic N) is 2.